The Morgan fingerprint density at radius 1 is 1.36 bits per heavy atom. The molecular weight excluding hydrogens is 342 g/mol. The van der Waals surface area contributed by atoms with Crippen LogP contribution in [-0.2, 0) is 7.05 Å². The maximum atomic E-state index is 12.5. The summed E-state index contributed by atoms with van der Waals surface area (Å²) in [6.07, 6.45) is 5.78. The molecule has 22 heavy (non-hydrogen) atoms. The minimum atomic E-state index is -0.0202. The fraction of sp³-hybridized carbons (Fsp3) is 0.765. The Bertz CT molecular complexity index is 542. The highest BCUT2D eigenvalue weighted by Gasteiger charge is 2.32. The maximum absolute atomic E-state index is 12.5. The fourth-order valence-electron chi connectivity index (χ4n) is 3.44. The molecule has 0 spiro atoms. The van der Waals surface area contributed by atoms with Gasteiger partial charge in [0.1, 0.15) is 5.69 Å². The van der Waals surface area contributed by atoms with Gasteiger partial charge in [-0.15, -0.1) is 0 Å². The van der Waals surface area contributed by atoms with E-state index >= 15 is 0 Å². The molecule has 0 atom stereocenters. The zero-order valence-electron chi connectivity index (χ0n) is 14.4. The van der Waals surface area contributed by atoms with Gasteiger partial charge in [-0.1, -0.05) is 27.2 Å². The highest BCUT2D eigenvalue weighted by atomic mass is 79.9. The van der Waals surface area contributed by atoms with Crippen molar-refractivity contribution in [2.75, 3.05) is 0 Å². The number of rotatable bonds is 4. The fourth-order valence-corrected chi connectivity index (χ4v) is 3.96. The molecule has 1 amide bonds. The second kappa shape index (κ2) is 6.73. The molecule has 1 aliphatic carbocycles. The molecule has 0 radical (unpaired) electrons. The summed E-state index contributed by atoms with van der Waals surface area (Å²) < 4.78 is 2.45. The van der Waals surface area contributed by atoms with Crippen LogP contribution in [0.5, 0.6) is 0 Å². The average Bonchev–Trinajstić information content (AvgIpc) is 2.72. The quantitative estimate of drug-likeness (QED) is 0.863. The molecule has 1 heterocycles. The molecule has 1 aliphatic rings. The number of aromatic nitrogens is 2. The van der Waals surface area contributed by atoms with Gasteiger partial charge in [0, 0.05) is 13.1 Å². The molecule has 1 aromatic heterocycles. The topological polar surface area (TPSA) is 46.9 Å². The van der Waals surface area contributed by atoms with Crippen molar-refractivity contribution in [2.45, 2.75) is 65.8 Å². The van der Waals surface area contributed by atoms with Crippen molar-refractivity contribution in [3.05, 3.63) is 15.9 Å². The Hall–Kier alpha value is -0.840. The van der Waals surface area contributed by atoms with E-state index in [1.807, 2.05) is 14.0 Å². The van der Waals surface area contributed by atoms with Crippen LogP contribution in [0, 0.1) is 18.3 Å². The predicted molar refractivity (Wildman–Crippen MR) is 92.9 cm³/mol. The van der Waals surface area contributed by atoms with Gasteiger partial charge in [-0.25, -0.2) is 0 Å². The summed E-state index contributed by atoms with van der Waals surface area (Å²) in [6, 6.07) is 0.290. The highest BCUT2D eigenvalue weighted by molar-refractivity contribution is 9.10. The zero-order valence-corrected chi connectivity index (χ0v) is 16.0. The van der Waals surface area contributed by atoms with Gasteiger partial charge in [-0.05, 0) is 59.9 Å². The van der Waals surface area contributed by atoms with Gasteiger partial charge in [0.15, 0.2) is 0 Å². The molecule has 2 rings (SSSR count). The minimum Gasteiger partial charge on any atom is -0.348 e. The first-order chi connectivity index (χ1) is 10.3. The Morgan fingerprint density at radius 3 is 2.41 bits per heavy atom. The normalized spacial score (nSPS) is 22.6. The van der Waals surface area contributed by atoms with E-state index in [1.165, 1.54) is 19.3 Å². The van der Waals surface area contributed by atoms with Crippen LogP contribution in [-0.4, -0.2) is 21.7 Å². The molecule has 1 saturated carbocycles. The van der Waals surface area contributed by atoms with E-state index in [4.69, 9.17) is 0 Å². The molecule has 1 aromatic rings. The maximum Gasteiger partial charge on any atom is 0.270 e. The summed E-state index contributed by atoms with van der Waals surface area (Å²) in [5, 5.41) is 7.48. The molecule has 0 bridgehead atoms. The van der Waals surface area contributed by atoms with Crippen molar-refractivity contribution in [2.24, 2.45) is 18.4 Å². The van der Waals surface area contributed by atoms with Crippen molar-refractivity contribution in [1.82, 2.24) is 15.1 Å². The van der Waals surface area contributed by atoms with Gasteiger partial charge < -0.3 is 5.32 Å². The van der Waals surface area contributed by atoms with Crippen LogP contribution in [0.15, 0.2) is 4.47 Å². The van der Waals surface area contributed by atoms with E-state index in [2.05, 4.69) is 47.1 Å². The summed E-state index contributed by atoms with van der Waals surface area (Å²) in [5.41, 5.74) is 1.88. The van der Waals surface area contributed by atoms with Crippen LogP contribution in [0.3, 0.4) is 0 Å². The van der Waals surface area contributed by atoms with Crippen LogP contribution in [0.1, 0.15) is 69.1 Å². The Kier molecular flexibility index (Phi) is 5.36. The van der Waals surface area contributed by atoms with E-state index in [0.29, 0.717) is 17.2 Å². The third-order valence-corrected chi connectivity index (χ3v) is 6.39. The SMILES string of the molecule is CCC(C)(C)C1CCC(NC(=O)c2c(Br)c(C)nn2C)CC1. The molecule has 0 aromatic carbocycles. The standard InChI is InChI=1S/C17H28BrN3O/c1-6-17(3,4)12-7-9-13(10-8-12)19-16(22)15-14(18)11(2)20-21(15)5/h12-13H,6-10H2,1-5H3,(H,19,22). The minimum absolute atomic E-state index is 0.0202. The largest absolute Gasteiger partial charge is 0.348 e. The van der Waals surface area contributed by atoms with E-state index in [1.54, 1.807) is 4.68 Å². The first-order valence-corrected chi connectivity index (χ1v) is 9.05. The zero-order chi connectivity index (χ0) is 16.5. The van der Waals surface area contributed by atoms with Gasteiger partial charge in [0.25, 0.3) is 5.91 Å². The molecule has 1 N–H and O–H groups in total. The number of nitrogens with zero attached hydrogens (tertiary/aromatic N) is 2. The second-order valence-electron chi connectivity index (χ2n) is 7.24. The van der Waals surface area contributed by atoms with Crippen molar-refractivity contribution >= 4 is 21.8 Å². The molecule has 0 saturated heterocycles. The van der Waals surface area contributed by atoms with Gasteiger partial charge in [0.05, 0.1) is 10.2 Å². The van der Waals surface area contributed by atoms with E-state index < -0.39 is 0 Å². The molecule has 0 unspecified atom stereocenters. The summed E-state index contributed by atoms with van der Waals surface area (Å²) >= 11 is 3.47. The lowest BCUT2D eigenvalue weighted by molar-refractivity contribution is 0.0883. The predicted octanol–water partition coefficient (Wildman–Crippen LogP) is 4.22. The summed E-state index contributed by atoms with van der Waals surface area (Å²) in [4.78, 5) is 12.5. The summed E-state index contributed by atoms with van der Waals surface area (Å²) in [5.74, 6) is 0.754. The van der Waals surface area contributed by atoms with E-state index in [0.717, 1.165) is 28.9 Å². The highest BCUT2D eigenvalue weighted by Crippen LogP contribution is 2.40. The van der Waals surface area contributed by atoms with Crippen molar-refractivity contribution in [1.29, 1.82) is 0 Å². The lowest BCUT2D eigenvalue weighted by Crippen LogP contribution is -2.40. The number of nitrogens with one attached hydrogen (secondary N) is 1. The van der Waals surface area contributed by atoms with Gasteiger partial charge in [-0.3, -0.25) is 9.48 Å². The molecule has 1 fully saturated rings. The average molecular weight is 370 g/mol. The van der Waals surface area contributed by atoms with E-state index in [-0.39, 0.29) is 5.91 Å². The number of carbonyl (C=O) groups excluding carboxylic acids is 1. The van der Waals surface area contributed by atoms with Crippen LogP contribution < -0.4 is 5.32 Å². The molecular formula is C17H28BrN3O. The summed E-state index contributed by atoms with van der Waals surface area (Å²) in [7, 11) is 1.81. The molecule has 124 valence electrons. The molecule has 0 aliphatic heterocycles. The Morgan fingerprint density at radius 2 is 1.95 bits per heavy atom. The number of halogens is 1. The third-order valence-electron chi connectivity index (χ3n) is 5.44. The number of aryl methyl sites for hydroxylation is 2. The Labute approximate surface area is 142 Å². The smallest absolute Gasteiger partial charge is 0.270 e. The number of hydrogen-bond acceptors (Lipinski definition) is 2. The van der Waals surface area contributed by atoms with Gasteiger partial charge >= 0.3 is 0 Å². The molecule has 5 heteroatoms. The van der Waals surface area contributed by atoms with Gasteiger partial charge in [-0.2, -0.15) is 5.10 Å². The van der Waals surface area contributed by atoms with E-state index in [9.17, 15) is 4.79 Å². The van der Waals surface area contributed by atoms with Crippen molar-refractivity contribution in [3.63, 3.8) is 0 Å². The summed E-state index contributed by atoms with van der Waals surface area (Å²) in [6.45, 7) is 8.91. The lowest BCUT2D eigenvalue weighted by Gasteiger charge is -2.39. The Balaban J connectivity index is 1.95. The molecule has 4 nitrogen and oxygen atoms in total. The van der Waals surface area contributed by atoms with Crippen molar-refractivity contribution < 1.29 is 4.79 Å². The monoisotopic (exact) mass is 369 g/mol. The second-order valence-corrected chi connectivity index (χ2v) is 8.03. The number of hydrogen-bond donors (Lipinski definition) is 1. The van der Waals surface area contributed by atoms with Crippen LogP contribution in [0.2, 0.25) is 0 Å². The first-order valence-electron chi connectivity index (χ1n) is 8.26. The van der Waals surface area contributed by atoms with Crippen LogP contribution in [0.25, 0.3) is 0 Å². The van der Waals surface area contributed by atoms with Crippen LogP contribution in [0.4, 0.5) is 0 Å². The first kappa shape index (κ1) is 17.5. The third kappa shape index (κ3) is 3.55. The lowest BCUT2D eigenvalue weighted by atomic mass is 9.69. The van der Waals surface area contributed by atoms with Crippen molar-refractivity contribution in [3.8, 4) is 0 Å². The number of carbonyl (C=O) groups is 1. The number of amides is 1. The van der Waals surface area contributed by atoms with Gasteiger partial charge in [0.2, 0.25) is 0 Å². The van der Waals surface area contributed by atoms with Crippen LogP contribution >= 0.6 is 15.9 Å².